The largest absolute Gasteiger partial charge is 0.497 e. The summed E-state index contributed by atoms with van der Waals surface area (Å²) in [6.45, 7) is 4.31. The first-order valence-corrected chi connectivity index (χ1v) is 6.65. The molecule has 16 heavy (non-hydrogen) atoms. The fraction of sp³-hybridized carbons (Fsp3) is 0.538. The van der Waals surface area contributed by atoms with Crippen molar-refractivity contribution in [3.05, 3.63) is 29.8 Å². The number of benzene rings is 1. The van der Waals surface area contributed by atoms with E-state index in [1.807, 2.05) is 12.1 Å². The summed E-state index contributed by atoms with van der Waals surface area (Å²) in [4.78, 5) is 2.33. The predicted molar refractivity (Wildman–Crippen MR) is 72.3 cm³/mol. The van der Waals surface area contributed by atoms with Crippen molar-refractivity contribution >= 4 is 15.9 Å². The van der Waals surface area contributed by atoms with E-state index >= 15 is 0 Å². The summed E-state index contributed by atoms with van der Waals surface area (Å²) < 4.78 is 5.21. The Morgan fingerprint density at radius 2 is 2.19 bits per heavy atom. The number of hydrogen-bond acceptors (Lipinski definition) is 2. The molecule has 0 aliphatic rings. The van der Waals surface area contributed by atoms with Gasteiger partial charge in [0, 0.05) is 18.4 Å². The summed E-state index contributed by atoms with van der Waals surface area (Å²) in [6.07, 6.45) is 0. The first-order chi connectivity index (χ1) is 7.65. The zero-order valence-electron chi connectivity index (χ0n) is 10.2. The van der Waals surface area contributed by atoms with Gasteiger partial charge in [-0.2, -0.15) is 0 Å². The molecule has 0 saturated carbocycles. The number of methoxy groups -OCH3 is 1. The minimum absolute atomic E-state index is 0.676. The Labute approximate surface area is 107 Å². The number of nitrogens with zero attached hydrogens (tertiary/aromatic N) is 1. The molecule has 2 nitrogen and oxygen atoms in total. The Hall–Kier alpha value is -0.540. The molecule has 1 aromatic rings. The molecule has 0 radical (unpaired) electrons. The lowest BCUT2D eigenvalue weighted by atomic mass is 10.1. The van der Waals surface area contributed by atoms with Gasteiger partial charge in [-0.25, -0.2) is 0 Å². The van der Waals surface area contributed by atoms with Crippen LogP contribution in [0.3, 0.4) is 0 Å². The molecule has 0 aliphatic carbocycles. The van der Waals surface area contributed by atoms with Crippen molar-refractivity contribution in [1.29, 1.82) is 0 Å². The molecule has 0 aliphatic heterocycles. The summed E-state index contributed by atoms with van der Waals surface area (Å²) in [7, 11) is 3.86. The minimum Gasteiger partial charge on any atom is -0.497 e. The SMILES string of the molecule is COc1cccc(CN(C)CC(C)CBr)c1. The molecule has 0 aromatic heterocycles. The predicted octanol–water partition coefficient (Wildman–Crippen LogP) is 3.16. The minimum atomic E-state index is 0.676. The van der Waals surface area contributed by atoms with Crippen LogP contribution in [0.2, 0.25) is 0 Å². The smallest absolute Gasteiger partial charge is 0.119 e. The maximum Gasteiger partial charge on any atom is 0.119 e. The molecule has 0 N–H and O–H groups in total. The van der Waals surface area contributed by atoms with E-state index in [0.717, 1.165) is 24.2 Å². The molecule has 0 saturated heterocycles. The van der Waals surface area contributed by atoms with Crippen molar-refractivity contribution in [2.24, 2.45) is 5.92 Å². The Balaban J connectivity index is 2.51. The Kier molecular flexibility index (Phi) is 5.85. The van der Waals surface area contributed by atoms with Crippen LogP contribution in [-0.4, -0.2) is 30.9 Å². The fourth-order valence-electron chi connectivity index (χ4n) is 1.73. The second-order valence-electron chi connectivity index (χ2n) is 4.31. The first kappa shape index (κ1) is 13.5. The van der Waals surface area contributed by atoms with Gasteiger partial charge in [0.1, 0.15) is 5.75 Å². The Bertz CT molecular complexity index is 317. The van der Waals surface area contributed by atoms with Gasteiger partial charge in [-0.05, 0) is 30.7 Å². The average Bonchev–Trinajstić information content (AvgIpc) is 2.28. The van der Waals surface area contributed by atoms with E-state index in [-0.39, 0.29) is 0 Å². The molecule has 1 unspecified atom stereocenters. The van der Waals surface area contributed by atoms with E-state index in [0.29, 0.717) is 5.92 Å². The molecule has 0 bridgehead atoms. The van der Waals surface area contributed by atoms with Crippen LogP contribution >= 0.6 is 15.9 Å². The lowest BCUT2D eigenvalue weighted by Crippen LogP contribution is -2.24. The van der Waals surface area contributed by atoms with Gasteiger partial charge in [0.05, 0.1) is 7.11 Å². The van der Waals surface area contributed by atoms with E-state index in [1.54, 1.807) is 7.11 Å². The third-order valence-electron chi connectivity index (χ3n) is 2.47. The van der Waals surface area contributed by atoms with Crippen molar-refractivity contribution < 1.29 is 4.74 Å². The van der Waals surface area contributed by atoms with E-state index in [2.05, 4.69) is 46.9 Å². The van der Waals surface area contributed by atoms with E-state index < -0.39 is 0 Å². The number of ether oxygens (including phenoxy) is 1. The summed E-state index contributed by atoms with van der Waals surface area (Å²) in [5, 5.41) is 1.05. The van der Waals surface area contributed by atoms with Crippen molar-refractivity contribution in [3.8, 4) is 5.75 Å². The van der Waals surface area contributed by atoms with Crippen LogP contribution in [0.15, 0.2) is 24.3 Å². The second-order valence-corrected chi connectivity index (χ2v) is 4.96. The second kappa shape index (κ2) is 6.92. The standard InChI is InChI=1S/C13H20BrNO/c1-11(8-14)9-15(2)10-12-5-4-6-13(7-12)16-3/h4-7,11H,8-10H2,1-3H3. The molecule has 1 aromatic carbocycles. The summed E-state index contributed by atoms with van der Waals surface area (Å²) >= 11 is 3.50. The molecular formula is C13H20BrNO. The number of halogens is 1. The maximum absolute atomic E-state index is 5.21. The van der Waals surface area contributed by atoms with Crippen LogP contribution in [0.4, 0.5) is 0 Å². The topological polar surface area (TPSA) is 12.5 Å². The lowest BCUT2D eigenvalue weighted by Gasteiger charge is -2.20. The highest BCUT2D eigenvalue weighted by molar-refractivity contribution is 9.09. The van der Waals surface area contributed by atoms with Crippen molar-refractivity contribution in [3.63, 3.8) is 0 Å². The molecule has 3 heteroatoms. The van der Waals surface area contributed by atoms with Crippen molar-refractivity contribution in [1.82, 2.24) is 4.90 Å². The van der Waals surface area contributed by atoms with Crippen LogP contribution in [0.1, 0.15) is 12.5 Å². The number of rotatable bonds is 6. The van der Waals surface area contributed by atoms with Gasteiger partial charge >= 0.3 is 0 Å². The molecule has 0 fully saturated rings. The average molecular weight is 286 g/mol. The normalized spacial score (nSPS) is 12.8. The molecule has 0 spiro atoms. The van der Waals surface area contributed by atoms with Crippen LogP contribution in [0.5, 0.6) is 5.75 Å². The zero-order chi connectivity index (χ0) is 12.0. The highest BCUT2D eigenvalue weighted by Gasteiger charge is 2.06. The van der Waals surface area contributed by atoms with E-state index in [4.69, 9.17) is 4.74 Å². The summed E-state index contributed by atoms with van der Waals surface area (Å²) in [5.41, 5.74) is 1.30. The molecule has 1 rings (SSSR count). The third kappa shape index (κ3) is 4.54. The van der Waals surface area contributed by atoms with Gasteiger partial charge in [0.25, 0.3) is 0 Å². The molecule has 0 heterocycles. The van der Waals surface area contributed by atoms with E-state index in [1.165, 1.54) is 5.56 Å². The monoisotopic (exact) mass is 285 g/mol. The molecule has 0 amide bonds. The number of alkyl halides is 1. The summed E-state index contributed by atoms with van der Waals surface area (Å²) in [5.74, 6) is 1.61. The summed E-state index contributed by atoms with van der Waals surface area (Å²) in [6, 6.07) is 8.24. The van der Waals surface area contributed by atoms with Crippen LogP contribution in [0.25, 0.3) is 0 Å². The zero-order valence-corrected chi connectivity index (χ0v) is 11.8. The lowest BCUT2D eigenvalue weighted by molar-refractivity contribution is 0.290. The first-order valence-electron chi connectivity index (χ1n) is 5.53. The quantitative estimate of drug-likeness (QED) is 0.745. The highest BCUT2D eigenvalue weighted by Crippen LogP contribution is 2.14. The number of hydrogen-bond donors (Lipinski definition) is 0. The molecule has 1 atom stereocenters. The van der Waals surface area contributed by atoms with Gasteiger partial charge in [0.2, 0.25) is 0 Å². The van der Waals surface area contributed by atoms with Crippen molar-refractivity contribution in [2.45, 2.75) is 13.5 Å². The Morgan fingerprint density at radius 1 is 1.44 bits per heavy atom. The van der Waals surface area contributed by atoms with Gasteiger partial charge in [-0.15, -0.1) is 0 Å². The van der Waals surface area contributed by atoms with Crippen LogP contribution in [0, 0.1) is 5.92 Å². The van der Waals surface area contributed by atoms with Gasteiger partial charge < -0.3 is 9.64 Å². The van der Waals surface area contributed by atoms with Crippen LogP contribution in [-0.2, 0) is 6.54 Å². The van der Waals surface area contributed by atoms with Gasteiger partial charge in [-0.1, -0.05) is 35.0 Å². The van der Waals surface area contributed by atoms with Gasteiger partial charge in [-0.3, -0.25) is 0 Å². The molecular weight excluding hydrogens is 266 g/mol. The van der Waals surface area contributed by atoms with Gasteiger partial charge in [0.15, 0.2) is 0 Å². The van der Waals surface area contributed by atoms with Crippen molar-refractivity contribution in [2.75, 3.05) is 26.0 Å². The van der Waals surface area contributed by atoms with Crippen LogP contribution < -0.4 is 4.74 Å². The highest BCUT2D eigenvalue weighted by atomic mass is 79.9. The Morgan fingerprint density at radius 3 is 2.81 bits per heavy atom. The van der Waals surface area contributed by atoms with E-state index in [9.17, 15) is 0 Å². The maximum atomic E-state index is 5.21. The molecule has 90 valence electrons. The fourth-order valence-corrected chi connectivity index (χ4v) is 1.93. The third-order valence-corrected chi connectivity index (χ3v) is 3.58.